The Morgan fingerprint density at radius 1 is 1.47 bits per heavy atom. The zero-order chi connectivity index (χ0) is 11.3. The number of anilines is 1. The van der Waals surface area contributed by atoms with Crippen molar-refractivity contribution in [2.45, 2.75) is 6.92 Å². The molecule has 0 aliphatic rings. The maximum atomic E-state index is 11.0. The smallest absolute Gasteiger partial charge is 0.346 e. The standard InChI is InChI=1S/C11H12BrNO2/c1-8-5-3-4-6-10(8)13-7-9(12)11(14)15-2/h3-7,13H,1-2H3/b9-7-. The van der Waals surface area contributed by atoms with E-state index in [-0.39, 0.29) is 0 Å². The predicted molar refractivity (Wildman–Crippen MR) is 63.8 cm³/mol. The minimum Gasteiger partial charge on any atom is -0.465 e. The topological polar surface area (TPSA) is 38.3 Å². The van der Waals surface area contributed by atoms with E-state index in [0.29, 0.717) is 4.48 Å². The molecule has 4 heteroatoms. The van der Waals surface area contributed by atoms with Gasteiger partial charge in [0.05, 0.1) is 7.11 Å². The summed E-state index contributed by atoms with van der Waals surface area (Å²) in [6, 6.07) is 7.81. The van der Waals surface area contributed by atoms with Crippen molar-refractivity contribution in [1.82, 2.24) is 0 Å². The molecule has 15 heavy (non-hydrogen) atoms. The van der Waals surface area contributed by atoms with Crippen LogP contribution in [0.2, 0.25) is 0 Å². The Labute approximate surface area is 97.3 Å². The largest absolute Gasteiger partial charge is 0.465 e. The van der Waals surface area contributed by atoms with Gasteiger partial charge in [-0.3, -0.25) is 0 Å². The number of benzene rings is 1. The predicted octanol–water partition coefficient (Wildman–Crippen LogP) is 2.82. The van der Waals surface area contributed by atoms with E-state index in [1.54, 1.807) is 6.20 Å². The highest BCUT2D eigenvalue weighted by Gasteiger charge is 2.04. The summed E-state index contributed by atoms with van der Waals surface area (Å²) in [6.45, 7) is 1.99. The lowest BCUT2D eigenvalue weighted by Crippen LogP contribution is -2.02. The van der Waals surface area contributed by atoms with E-state index >= 15 is 0 Å². The van der Waals surface area contributed by atoms with E-state index in [9.17, 15) is 4.79 Å². The summed E-state index contributed by atoms with van der Waals surface area (Å²) in [5.74, 6) is -0.406. The fourth-order valence-corrected chi connectivity index (χ4v) is 1.31. The van der Waals surface area contributed by atoms with Gasteiger partial charge >= 0.3 is 5.97 Å². The molecular weight excluding hydrogens is 258 g/mol. The Hall–Kier alpha value is -1.29. The molecule has 0 bridgehead atoms. The van der Waals surface area contributed by atoms with Crippen molar-refractivity contribution >= 4 is 27.6 Å². The summed E-state index contributed by atoms with van der Waals surface area (Å²) in [6.07, 6.45) is 1.56. The quantitative estimate of drug-likeness (QED) is 0.678. The third-order valence-electron chi connectivity index (χ3n) is 1.88. The number of rotatable bonds is 3. The summed E-state index contributed by atoms with van der Waals surface area (Å²) in [7, 11) is 1.34. The summed E-state index contributed by atoms with van der Waals surface area (Å²) in [4.78, 5) is 11.0. The number of methoxy groups -OCH3 is 1. The molecule has 3 nitrogen and oxygen atoms in total. The number of esters is 1. The Morgan fingerprint density at radius 2 is 2.13 bits per heavy atom. The number of ether oxygens (including phenoxy) is 1. The van der Waals surface area contributed by atoms with Crippen molar-refractivity contribution in [3.8, 4) is 0 Å². The minimum absolute atomic E-state index is 0.355. The maximum absolute atomic E-state index is 11.0. The number of para-hydroxylation sites is 1. The second-order valence-corrected chi connectivity index (χ2v) is 3.80. The summed E-state index contributed by atoms with van der Waals surface area (Å²) in [5, 5.41) is 3.02. The number of hydrogen-bond donors (Lipinski definition) is 1. The third kappa shape index (κ3) is 3.40. The molecule has 0 radical (unpaired) electrons. The second kappa shape index (κ2) is 5.56. The normalized spacial score (nSPS) is 11.0. The highest BCUT2D eigenvalue weighted by atomic mass is 79.9. The molecule has 0 amide bonds. The molecule has 0 aliphatic carbocycles. The molecule has 0 heterocycles. The second-order valence-electron chi connectivity index (χ2n) is 2.94. The Bertz CT molecular complexity index is 388. The first-order valence-corrected chi connectivity index (χ1v) is 5.20. The van der Waals surface area contributed by atoms with Gasteiger partial charge in [-0.25, -0.2) is 4.79 Å². The molecule has 1 N–H and O–H groups in total. The van der Waals surface area contributed by atoms with E-state index in [2.05, 4.69) is 26.0 Å². The van der Waals surface area contributed by atoms with Gasteiger partial charge in [-0.15, -0.1) is 0 Å². The van der Waals surface area contributed by atoms with E-state index < -0.39 is 5.97 Å². The first kappa shape index (κ1) is 11.8. The van der Waals surface area contributed by atoms with E-state index in [4.69, 9.17) is 0 Å². The lowest BCUT2D eigenvalue weighted by molar-refractivity contribution is -0.135. The van der Waals surface area contributed by atoms with E-state index in [1.165, 1.54) is 7.11 Å². The molecule has 0 spiro atoms. The van der Waals surface area contributed by atoms with Crippen LogP contribution in [0.25, 0.3) is 0 Å². The minimum atomic E-state index is -0.406. The zero-order valence-corrected chi connectivity index (χ0v) is 10.2. The average Bonchev–Trinajstić information content (AvgIpc) is 2.26. The van der Waals surface area contributed by atoms with Crippen LogP contribution in [0.4, 0.5) is 5.69 Å². The van der Waals surface area contributed by atoms with Crippen molar-refractivity contribution in [2.24, 2.45) is 0 Å². The van der Waals surface area contributed by atoms with Gasteiger partial charge in [0.2, 0.25) is 0 Å². The number of hydrogen-bond acceptors (Lipinski definition) is 3. The van der Waals surface area contributed by atoms with Gasteiger partial charge in [-0.1, -0.05) is 18.2 Å². The fraction of sp³-hybridized carbons (Fsp3) is 0.182. The Balaban J connectivity index is 2.72. The molecule has 1 aromatic carbocycles. The number of carbonyl (C=O) groups excluding carboxylic acids is 1. The van der Waals surface area contributed by atoms with Crippen LogP contribution in [0.3, 0.4) is 0 Å². The zero-order valence-electron chi connectivity index (χ0n) is 8.58. The molecular formula is C11H12BrNO2. The number of halogens is 1. The SMILES string of the molecule is COC(=O)/C(Br)=C/Nc1ccccc1C. The molecule has 0 atom stereocenters. The van der Waals surface area contributed by atoms with Crippen molar-refractivity contribution in [3.63, 3.8) is 0 Å². The average molecular weight is 270 g/mol. The number of carbonyl (C=O) groups is 1. The monoisotopic (exact) mass is 269 g/mol. The summed E-state index contributed by atoms with van der Waals surface area (Å²) >= 11 is 3.11. The molecule has 0 saturated heterocycles. The molecule has 1 rings (SSSR count). The maximum Gasteiger partial charge on any atom is 0.346 e. The first-order valence-electron chi connectivity index (χ1n) is 4.41. The van der Waals surface area contributed by atoms with Gasteiger partial charge in [0.1, 0.15) is 4.48 Å². The van der Waals surface area contributed by atoms with Crippen LogP contribution in [0.1, 0.15) is 5.56 Å². The van der Waals surface area contributed by atoms with Crippen LogP contribution in [0.15, 0.2) is 34.9 Å². The highest BCUT2D eigenvalue weighted by Crippen LogP contribution is 2.15. The van der Waals surface area contributed by atoms with Crippen LogP contribution in [0.5, 0.6) is 0 Å². The molecule has 0 fully saturated rings. The third-order valence-corrected chi connectivity index (χ3v) is 2.43. The first-order chi connectivity index (χ1) is 7.15. The summed E-state index contributed by atoms with van der Waals surface area (Å²) < 4.78 is 4.89. The lowest BCUT2D eigenvalue weighted by atomic mass is 10.2. The van der Waals surface area contributed by atoms with Gasteiger partial charge in [-0.2, -0.15) is 0 Å². The highest BCUT2D eigenvalue weighted by molar-refractivity contribution is 9.12. The van der Waals surface area contributed by atoms with Gasteiger partial charge in [0, 0.05) is 11.9 Å². The molecule has 0 unspecified atom stereocenters. The van der Waals surface area contributed by atoms with Crippen LogP contribution >= 0.6 is 15.9 Å². The Morgan fingerprint density at radius 3 is 2.73 bits per heavy atom. The fourth-order valence-electron chi connectivity index (χ4n) is 1.03. The van der Waals surface area contributed by atoms with E-state index in [0.717, 1.165) is 11.3 Å². The molecule has 0 saturated carbocycles. The lowest BCUT2D eigenvalue weighted by Gasteiger charge is -2.05. The number of aryl methyl sites for hydroxylation is 1. The molecule has 1 aromatic rings. The molecule has 0 aromatic heterocycles. The molecule has 0 aliphatic heterocycles. The van der Waals surface area contributed by atoms with Crippen molar-refractivity contribution in [2.75, 3.05) is 12.4 Å². The Kier molecular flexibility index (Phi) is 4.37. The van der Waals surface area contributed by atoms with Crippen molar-refractivity contribution in [3.05, 3.63) is 40.5 Å². The van der Waals surface area contributed by atoms with Gasteiger partial charge in [0.15, 0.2) is 0 Å². The van der Waals surface area contributed by atoms with Gasteiger partial charge < -0.3 is 10.1 Å². The van der Waals surface area contributed by atoms with Crippen LogP contribution < -0.4 is 5.32 Å². The van der Waals surface area contributed by atoms with Crippen molar-refractivity contribution in [1.29, 1.82) is 0 Å². The van der Waals surface area contributed by atoms with Crippen molar-refractivity contribution < 1.29 is 9.53 Å². The van der Waals surface area contributed by atoms with Crippen LogP contribution in [-0.4, -0.2) is 13.1 Å². The van der Waals surface area contributed by atoms with Gasteiger partial charge in [-0.05, 0) is 34.5 Å². The van der Waals surface area contributed by atoms with Crippen LogP contribution in [-0.2, 0) is 9.53 Å². The van der Waals surface area contributed by atoms with Gasteiger partial charge in [0.25, 0.3) is 0 Å². The van der Waals surface area contributed by atoms with E-state index in [1.807, 2.05) is 31.2 Å². The number of nitrogens with one attached hydrogen (secondary N) is 1. The van der Waals surface area contributed by atoms with Crippen LogP contribution in [0, 0.1) is 6.92 Å². The summed E-state index contributed by atoms with van der Waals surface area (Å²) in [5.41, 5.74) is 2.07. The molecule has 80 valence electrons.